The first-order chi connectivity index (χ1) is 9.39. The Kier molecular flexibility index (Phi) is 2.71. The van der Waals surface area contributed by atoms with Gasteiger partial charge in [0.25, 0.3) is 0 Å². The molecule has 0 atom stereocenters. The molecule has 6 nitrogen and oxygen atoms in total. The number of hydrogen-bond donors (Lipinski definition) is 2. The van der Waals surface area contributed by atoms with Crippen molar-refractivity contribution in [3.05, 3.63) is 28.9 Å². The number of aromatic amines is 1. The van der Waals surface area contributed by atoms with Crippen LogP contribution in [0.15, 0.2) is 23.2 Å². The number of nitrogens with one attached hydrogen (secondary N) is 1. The molecule has 0 aliphatic heterocycles. The lowest BCUT2D eigenvalue weighted by molar-refractivity contribution is -0.140. The number of H-pyrrole nitrogens is 1. The van der Waals surface area contributed by atoms with Crippen LogP contribution in [-0.4, -0.2) is 24.8 Å². The molecule has 0 fully saturated rings. The molecule has 0 aliphatic rings. The van der Waals surface area contributed by atoms with Crippen molar-refractivity contribution in [2.45, 2.75) is 6.18 Å². The fourth-order valence-corrected chi connectivity index (χ4v) is 2.44. The van der Waals surface area contributed by atoms with Crippen LogP contribution >= 0.6 is 15.9 Å². The van der Waals surface area contributed by atoms with Crippen molar-refractivity contribution < 1.29 is 13.2 Å². The van der Waals surface area contributed by atoms with E-state index in [-0.39, 0.29) is 22.5 Å². The van der Waals surface area contributed by atoms with Gasteiger partial charge in [-0.1, -0.05) is 0 Å². The van der Waals surface area contributed by atoms with Gasteiger partial charge in [0.2, 0.25) is 0 Å². The van der Waals surface area contributed by atoms with Gasteiger partial charge >= 0.3 is 6.18 Å². The van der Waals surface area contributed by atoms with Crippen molar-refractivity contribution in [1.29, 1.82) is 0 Å². The maximum absolute atomic E-state index is 12.9. The van der Waals surface area contributed by atoms with Crippen LogP contribution in [0.4, 0.5) is 19.0 Å². The van der Waals surface area contributed by atoms with Gasteiger partial charge in [0, 0.05) is 17.3 Å². The Balaban J connectivity index is 2.34. The zero-order valence-corrected chi connectivity index (χ0v) is 11.2. The third kappa shape index (κ3) is 1.83. The zero-order valence-electron chi connectivity index (χ0n) is 9.61. The van der Waals surface area contributed by atoms with Gasteiger partial charge in [0.15, 0.2) is 11.5 Å². The summed E-state index contributed by atoms with van der Waals surface area (Å²) in [5.74, 6) is 0.0787. The SMILES string of the molecule is Nc1ncnn2c(Br)cc(-c3c[nH]nc3C(F)(F)F)c12. The van der Waals surface area contributed by atoms with Gasteiger partial charge in [-0.25, -0.2) is 9.50 Å². The first-order valence-corrected chi connectivity index (χ1v) is 6.08. The van der Waals surface area contributed by atoms with Gasteiger partial charge in [0.1, 0.15) is 16.4 Å². The largest absolute Gasteiger partial charge is 0.435 e. The Morgan fingerprint density at radius 3 is 2.75 bits per heavy atom. The van der Waals surface area contributed by atoms with Crippen LogP contribution in [-0.2, 0) is 6.18 Å². The van der Waals surface area contributed by atoms with Crippen LogP contribution in [0.5, 0.6) is 0 Å². The smallest absolute Gasteiger partial charge is 0.382 e. The van der Waals surface area contributed by atoms with Gasteiger partial charge in [-0.05, 0) is 22.0 Å². The van der Waals surface area contributed by atoms with Crippen molar-refractivity contribution in [3.8, 4) is 11.1 Å². The second-order valence-electron chi connectivity index (χ2n) is 3.93. The van der Waals surface area contributed by atoms with E-state index in [1.54, 1.807) is 0 Å². The molecule has 0 aliphatic carbocycles. The molecule has 0 unspecified atom stereocenters. The van der Waals surface area contributed by atoms with Gasteiger partial charge in [0.05, 0.1) is 0 Å². The van der Waals surface area contributed by atoms with Crippen LogP contribution in [0.3, 0.4) is 0 Å². The lowest BCUT2D eigenvalue weighted by atomic mass is 10.1. The monoisotopic (exact) mass is 346 g/mol. The van der Waals surface area contributed by atoms with Crippen molar-refractivity contribution in [2.24, 2.45) is 0 Å². The molecule has 20 heavy (non-hydrogen) atoms. The summed E-state index contributed by atoms with van der Waals surface area (Å²) in [4.78, 5) is 3.80. The fourth-order valence-electron chi connectivity index (χ4n) is 1.95. The number of alkyl halides is 3. The number of nitrogens with zero attached hydrogens (tertiary/aromatic N) is 4. The summed E-state index contributed by atoms with van der Waals surface area (Å²) in [6, 6.07) is 1.49. The maximum Gasteiger partial charge on any atom is 0.435 e. The average molecular weight is 347 g/mol. The predicted octanol–water partition coefficient (Wildman–Crippen LogP) is 2.48. The molecule has 0 radical (unpaired) electrons. The minimum absolute atomic E-state index is 0.0787. The molecule has 0 amide bonds. The number of hydrogen-bond acceptors (Lipinski definition) is 4. The highest BCUT2D eigenvalue weighted by Gasteiger charge is 2.37. The minimum Gasteiger partial charge on any atom is -0.382 e. The first kappa shape index (κ1) is 12.9. The van der Waals surface area contributed by atoms with E-state index in [1.165, 1.54) is 16.9 Å². The molecule has 0 saturated heterocycles. The van der Waals surface area contributed by atoms with Crippen molar-refractivity contribution in [2.75, 3.05) is 5.73 Å². The molecule has 10 heteroatoms. The lowest BCUT2D eigenvalue weighted by Crippen LogP contribution is -2.07. The van der Waals surface area contributed by atoms with E-state index in [9.17, 15) is 13.2 Å². The molecule has 3 aromatic heterocycles. The summed E-state index contributed by atoms with van der Waals surface area (Å²) in [6.45, 7) is 0. The van der Waals surface area contributed by atoms with E-state index in [2.05, 4.69) is 36.2 Å². The molecule has 0 spiro atoms. The molecule has 3 N–H and O–H groups in total. The minimum atomic E-state index is -4.57. The molecule has 104 valence electrons. The molecule has 0 aromatic carbocycles. The molecule has 3 aromatic rings. The number of nitrogen functional groups attached to an aromatic ring is 1. The zero-order chi connectivity index (χ0) is 14.5. The standard InChI is InChI=1S/C10H6BrF3N6/c11-6-1-4(7-9(15)16-3-18-20(6)7)5-2-17-19-8(5)10(12,13)14/h1-3H,(H,17,19)(H2,15,16,18). The number of halogens is 4. The van der Waals surface area contributed by atoms with Crippen LogP contribution in [0.2, 0.25) is 0 Å². The number of rotatable bonds is 1. The second-order valence-corrected chi connectivity index (χ2v) is 4.74. The normalized spacial score (nSPS) is 12.2. The quantitative estimate of drug-likeness (QED) is 0.708. The number of aromatic nitrogens is 5. The predicted molar refractivity (Wildman–Crippen MR) is 67.7 cm³/mol. The topological polar surface area (TPSA) is 84.9 Å². The third-order valence-electron chi connectivity index (χ3n) is 2.74. The maximum atomic E-state index is 12.9. The molecule has 0 saturated carbocycles. The van der Waals surface area contributed by atoms with E-state index >= 15 is 0 Å². The summed E-state index contributed by atoms with van der Waals surface area (Å²) in [6.07, 6.45) is -2.19. The van der Waals surface area contributed by atoms with E-state index < -0.39 is 11.9 Å². The Labute approximate surface area is 117 Å². The summed E-state index contributed by atoms with van der Waals surface area (Å²) in [5, 5.41) is 9.40. The Hall–Kier alpha value is -2.10. The fraction of sp³-hybridized carbons (Fsp3) is 0.100. The molecular formula is C10H6BrF3N6. The van der Waals surface area contributed by atoms with Crippen LogP contribution in [0.25, 0.3) is 16.6 Å². The van der Waals surface area contributed by atoms with Gasteiger partial charge in [-0.3, -0.25) is 5.10 Å². The summed E-state index contributed by atoms with van der Waals surface area (Å²) in [7, 11) is 0. The highest BCUT2D eigenvalue weighted by molar-refractivity contribution is 9.10. The Bertz CT molecular complexity index is 790. The molecular weight excluding hydrogens is 341 g/mol. The van der Waals surface area contributed by atoms with Crippen LogP contribution in [0, 0.1) is 0 Å². The average Bonchev–Trinajstić information content (AvgIpc) is 2.94. The number of nitrogens with two attached hydrogens (primary N) is 1. The summed E-state index contributed by atoms with van der Waals surface area (Å²) < 4.78 is 40.6. The molecule has 3 rings (SSSR count). The highest BCUT2D eigenvalue weighted by atomic mass is 79.9. The Morgan fingerprint density at radius 2 is 2.05 bits per heavy atom. The van der Waals surface area contributed by atoms with E-state index in [4.69, 9.17) is 5.73 Å². The molecule has 0 bridgehead atoms. The summed E-state index contributed by atoms with van der Waals surface area (Å²) >= 11 is 3.22. The van der Waals surface area contributed by atoms with E-state index in [1.807, 2.05) is 0 Å². The van der Waals surface area contributed by atoms with Crippen LogP contribution < -0.4 is 5.73 Å². The lowest BCUT2D eigenvalue weighted by Gasteiger charge is -2.06. The number of anilines is 1. The van der Waals surface area contributed by atoms with Gasteiger partial charge < -0.3 is 5.73 Å². The van der Waals surface area contributed by atoms with Crippen molar-refractivity contribution >= 4 is 27.3 Å². The summed E-state index contributed by atoms with van der Waals surface area (Å²) in [5.41, 5.74) is 5.14. The van der Waals surface area contributed by atoms with Crippen molar-refractivity contribution in [1.82, 2.24) is 24.8 Å². The first-order valence-electron chi connectivity index (χ1n) is 5.28. The van der Waals surface area contributed by atoms with E-state index in [0.717, 1.165) is 6.20 Å². The molecule has 3 heterocycles. The number of fused-ring (bicyclic) bond motifs is 1. The Morgan fingerprint density at radius 1 is 1.30 bits per heavy atom. The second kappa shape index (κ2) is 4.20. The van der Waals surface area contributed by atoms with Crippen LogP contribution in [0.1, 0.15) is 5.69 Å². The highest BCUT2D eigenvalue weighted by Crippen LogP contribution is 2.39. The van der Waals surface area contributed by atoms with Crippen molar-refractivity contribution in [3.63, 3.8) is 0 Å². The van der Waals surface area contributed by atoms with Gasteiger partial charge in [-0.15, -0.1) is 0 Å². The van der Waals surface area contributed by atoms with Gasteiger partial charge in [-0.2, -0.15) is 23.4 Å². The third-order valence-corrected chi connectivity index (χ3v) is 3.30. The van der Waals surface area contributed by atoms with E-state index in [0.29, 0.717) is 4.60 Å².